The fraction of sp³-hybridized carbons (Fsp3) is 0.941. The molecular weight excluding hydrogens is 248 g/mol. The Morgan fingerprint density at radius 2 is 1.85 bits per heavy atom. The van der Waals surface area contributed by atoms with Gasteiger partial charge in [-0.1, -0.05) is 48.0 Å². The average molecular weight is 280 g/mol. The average Bonchev–Trinajstić information content (AvgIpc) is 2.65. The van der Waals surface area contributed by atoms with Crippen molar-refractivity contribution in [3.63, 3.8) is 0 Å². The number of hydrogen-bond donors (Lipinski definition) is 1. The molecule has 3 unspecified atom stereocenters. The molecule has 0 bridgehead atoms. The molecule has 0 aromatic heterocycles. The lowest BCUT2D eigenvalue weighted by molar-refractivity contribution is -0.135. The molecular formula is C17H32N2O. The molecule has 1 N–H and O–H groups in total. The van der Waals surface area contributed by atoms with Gasteiger partial charge in [-0.2, -0.15) is 0 Å². The Hall–Kier alpha value is -0.570. The van der Waals surface area contributed by atoms with Crippen LogP contribution in [0.15, 0.2) is 0 Å². The van der Waals surface area contributed by atoms with E-state index in [1.165, 1.54) is 19.3 Å². The van der Waals surface area contributed by atoms with Crippen LogP contribution in [0.25, 0.3) is 0 Å². The van der Waals surface area contributed by atoms with Gasteiger partial charge in [0, 0.05) is 6.04 Å². The summed E-state index contributed by atoms with van der Waals surface area (Å²) in [5, 5.41) is 3.59. The minimum atomic E-state index is 0.00689. The van der Waals surface area contributed by atoms with E-state index < -0.39 is 0 Å². The molecule has 1 saturated carbocycles. The number of nitrogens with zero attached hydrogens (tertiary/aromatic N) is 1. The number of carbonyl (C=O) groups excluding carboxylic acids is 1. The van der Waals surface area contributed by atoms with Gasteiger partial charge in [-0.25, -0.2) is 0 Å². The van der Waals surface area contributed by atoms with Crippen LogP contribution < -0.4 is 5.32 Å². The van der Waals surface area contributed by atoms with Crippen LogP contribution in [-0.4, -0.2) is 29.1 Å². The molecule has 1 aliphatic carbocycles. The summed E-state index contributed by atoms with van der Waals surface area (Å²) in [4.78, 5) is 15.0. The Labute approximate surface area is 124 Å². The summed E-state index contributed by atoms with van der Waals surface area (Å²) in [6.45, 7) is 13.4. The third-order valence-corrected chi connectivity index (χ3v) is 5.04. The highest BCUT2D eigenvalue weighted by molar-refractivity contribution is 5.85. The summed E-state index contributed by atoms with van der Waals surface area (Å²) in [6, 6.07) is 0.433. The summed E-state index contributed by atoms with van der Waals surface area (Å²) in [5.41, 5.74) is 0.376. The van der Waals surface area contributed by atoms with Crippen molar-refractivity contribution < 1.29 is 4.79 Å². The maximum Gasteiger partial charge on any atom is 0.241 e. The molecule has 1 aliphatic heterocycles. The van der Waals surface area contributed by atoms with Gasteiger partial charge in [-0.3, -0.25) is 10.1 Å². The topological polar surface area (TPSA) is 32.3 Å². The van der Waals surface area contributed by atoms with E-state index in [4.69, 9.17) is 0 Å². The Bertz CT molecular complexity index is 362. The minimum Gasteiger partial charge on any atom is -0.323 e. The van der Waals surface area contributed by atoms with E-state index >= 15 is 0 Å². The third kappa shape index (κ3) is 3.03. The largest absolute Gasteiger partial charge is 0.323 e. The summed E-state index contributed by atoms with van der Waals surface area (Å²) < 4.78 is 0. The monoisotopic (exact) mass is 280 g/mol. The van der Waals surface area contributed by atoms with Crippen LogP contribution in [0.2, 0.25) is 0 Å². The van der Waals surface area contributed by atoms with E-state index in [1.807, 2.05) is 0 Å². The van der Waals surface area contributed by atoms with E-state index in [-0.39, 0.29) is 12.2 Å². The van der Waals surface area contributed by atoms with Gasteiger partial charge in [0.2, 0.25) is 5.91 Å². The van der Waals surface area contributed by atoms with Crippen molar-refractivity contribution in [3.8, 4) is 0 Å². The van der Waals surface area contributed by atoms with Crippen LogP contribution in [0.4, 0.5) is 0 Å². The van der Waals surface area contributed by atoms with E-state index in [0.717, 1.165) is 6.42 Å². The molecule has 3 nitrogen and oxygen atoms in total. The fourth-order valence-corrected chi connectivity index (χ4v) is 3.93. The third-order valence-electron chi connectivity index (χ3n) is 5.04. The van der Waals surface area contributed by atoms with Crippen LogP contribution in [-0.2, 0) is 4.79 Å². The van der Waals surface area contributed by atoms with Gasteiger partial charge in [0.15, 0.2) is 0 Å². The second-order valence-corrected chi connectivity index (χ2v) is 8.24. The predicted molar refractivity (Wildman–Crippen MR) is 83.3 cm³/mol. The van der Waals surface area contributed by atoms with Gasteiger partial charge in [0.25, 0.3) is 0 Å². The van der Waals surface area contributed by atoms with Crippen molar-refractivity contribution >= 4 is 5.91 Å². The highest BCUT2D eigenvalue weighted by Gasteiger charge is 2.46. The fourth-order valence-electron chi connectivity index (χ4n) is 3.93. The highest BCUT2D eigenvalue weighted by Crippen LogP contribution is 2.39. The Kier molecular flexibility index (Phi) is 4.48. The van der Waals surface area contributed by atoms with Crippen LogP contribution in [0.5, 0.6) is 0 Å². The predicted octanol–water partition coefficient (Wildman–Crippen LogP) is 3.39. The van der Waals surface area contributed by atoms with Crippen molar-refractivity contribution in [1.29, 1.82) is 0 Å². The van der Waals surface area contributed by atoms with E-state index in [9.17, 15) is 4.79 Å². The summed E-state index contributed by atoms with van der Waals surface area (Å²) >= 11 is 0. The summed E-state index contributed by atoms with van der Waals surface area (Å²) in [6.07, 6.45) is 5.07. The lowest BCUT2D eigenvalue weighted by atomic mass is 9.74. The second-order valence-electron chi connectivity index (χ2n) is 8.24. The molecule has 1 heterocycles. The molecule has 20 heavy (non-hydrogen) atoms. The molecule has 2 fully saturated rings. The van der Waals surface area contributed by atoms with Gasteiger partial charge in [0.05, 0.1) is 12.2 Å². The van der Waals surface area contributed by atoms with Gasteiger partial charge in [-0.05, 0) is 36.5 Å². The van der Waals surface area contributed by atoms with Gasteiger partial charge in [-0.15, -0.1) is 0 Å². The molecule has 1 amide bonds. The molecule has 116 valence electrons. The molecule has 0 aromatic carbocycles. The van der Waals surface area contributed by atoms with E-state index in [2.05, 4.69) is 51.8 Å². The zero-order valence-corrected chi connectivity index (χ0v) is 14.1. The Morgan fingerprint density at radius 3 is 2.35 bits per heavy atom. The summed E-state index contributed by atoms with van der Waals surface area (Å²) in [7, 11) is 0. The molecule has 0 radical (unpaired) electrons. The Balaban J connectivity index is 2.20. The SMILES string of the molecule is CC(C)C1NC(C(C)C)N(C2CCCC(C)(C)C2)C1=O. The highest BCUT2D eigenvalue weighted by atomic mass is 16.2. The van der Waals surface area contributed by atoms with Crippen molar-refractivity contribution in [2.75, 3.05) is 0 Å². The van der Waals surface area contributed by atoms with Crippen LogP contribution in [0.1, 0.15) is 67.2 Å². The minimum absolute atomic E-state index is 0.00689. The van der Waals surface area contributed by atoms with Crippen molar-refractivity contribution in [2.45, 2.75) is 85.5 Å². The van der Waals surface area contributed by atoms with Crippen molar-refractivity contribution in [1.82, 2.24) is 10.2 Å². The van der Waals surface area contributed by atoms with E-state index in [1.54, 1.807) is 0 Å². The normalized spacial score (nSPS) is 34.3. The molecule has 0 aromatic rings. The molecule has 3 atom stereocenters. The number of carbonyl (C=O) groups is 1. The number of nitrogens with one attached hydrogen (secondary N) is 1. The second kappa shape index (κ2) is 5.67. The quantitative estimate of drug-likeness (QED) is 0.859. The molecule has 1 saturated heterocycles. The maximum atomic E-state index is 12.8. The molecule has 2 rings (SSSR count). The van der Waals surface area contributed by atoms with Crippen LogP contribution in [0, 0.1) is 17.3 Å². The smallest absolute Gasteiger partial charge is 0.241 e. The molecule has 0 spiro atoms. The van der Waals surface area contributed by atoms with Gasteiger partial charge in [0.1, 0.15) is 0 Å². The molecule has 2 aliphatic rings. The van der Waals surface area contributed by atoms with E-state index in [0.29, 0.717) is 29.2 Å². The number of hydrogen-bond acceptors (Lipinski definition) is 2. The standard InChI is InChI=1S/C17H32N2O/c1-11(2)14-16(20)19(15(18-14)12(3)4)13-8-7-9-17(5,6)10-13/h11-15,18H,7-10H2,1-6H3. The first kappa shape index (κ1) is 15.8. The lowest BCUT2D eigenvalue weighted by Crippen LogP contribution is -2.50. The number of rotatable bonds is 3. The zero-order valence-electron chi connectivity index (χ0n) is 14.1. The van der Waals surface area contributed by atoms with Crippen LogP contribution in [0.3, 0.4) is 0 Å². The van der Waals surface area contributed by atoms with Crippen LogP contribution >= 0.6 is 0 Å². The first-order valence-corrected chi connectivity index (χ1v) is 8.31. The first-order chi connectivity index (χ1) is 9.23. The Morgan fingerprint density at radius 1 is 1.20 bits per heavy atom. The molecule has 3 heteroatoms. The van der Waals surface area contributed by atoms with Gasteiger partial charge >= 0.3 is 0 Å². The first-order valence-electron chi connectivity index (χ1n) is 8.31. The zero-order chi connectivity index (χ0) is 15.1. The van der Waals surface area contributed by atoms with Crippen molar-refractivity contribution in [3.05, 3.63) is 0 Å². The number of amides is 1. The summed E-state index contributed by atoms with van der Waals surface area (Å²) in [5.74, 6) is 1.17. The lowest BCUT2D eigenvalue weighted by Gasteiger charge is -2.42. The van der Waals surface area contributed by atoms with Crippen molar-refractivity contribution in [2.24, 2.45) is 17.3 Å². The van der Waals surface area contributed by atoms with Gasteiger partial charge < -0.3 is 4.90 Å². The maximum absolute atomic E-state index is 12.8.